The highest BCUT2D eigenvalue weighted by Crippen LogP contribution is 2.00. The molecule has 0 amide bonds. The Morgan fingerprint density at radius 1 is 1.77 bits per heavy atom. The number of aromatic nitrogens is 2. The normalized spacial score (nSPS) is 12.5. The highest BCUT2D eigenvalue weighted by atomic mass is 16.3. The van der Waals surface area contributed by atoms with Crippen LogP contribution in [0.15, 0.2) is 17.2 Å². The van der Waals surface area contributed by atoms with Gasteiger partial charge < -0.3 is 15.4 Å². The number of aliphatic hydroxyl groups excluding tert-OH is 1. The summed E-state index contributed by atoms with van der Waals surface area (Å²) < 4.78 is 0. The van der Waals surface area contributed by atoms with E-state index in [4.69, 9.17) is 5.11 Å². The van der Waals surface area contributed by atoms with E-state index in [2.05, 4.69) is 15.3 Å². The largest absolute Gasteiger partial charge is 0.396 e. The minimum absolute atomic E-state index is 0.110. The molecule has 1 aromatic rings. The predicted octanol–water partition coefficient (Wildman–Crippen LogP) is -0.0473. The minimum atomic E-state index is -0.186. The average Bonchev–Trinajstić information content (AvgIpc) is 2.04. The summed E-state index contributed by atoms with van der Waals surface area (Å²) in [6.07, 6.45) is 1.98. The van der Waals surface area contributed by atoms with Gasteiger partial charge in [0.1, 0.15) is 5.82 Å². The molecule has 0 aromatic carbocycles. The van der Waals surface area contributed by atoms with E-state index < -0.39 is 0 Å². The summed E-state index contributed by atoms with van der Waals surface area (Å²) in [6, 6.07) is 1.49. The van der Waals surface area contributed by atoms with Crippen molar-refractivity contribution in [3.63, 3.8) is 0 Å². The van der Waals surface area contributed by atoms with E-state index in [1.807, 2.05) is 6.92 Å². The smallest absolute Gasteiger partial charge is 0.252 e. The molecule has 5 heteroatoms. The second-order valence-corrected chi connectivity index (χ2v) is 2.85. The van der Waals surface area contributed by atoms with Crippen LogP contribution in [-0.4, -0.2) is 27.7 Å². The first-order chi connectivity index (χ1) is 6.22. The zero-order valence-electron chi connectivity index (χ0n) is 7.45. The van der Waals surface area contributed by atoms with E-state index in [0.717, 1.165) is 0 Å². The maximum Gasteiger partial charge on any atom is 0.252 e. The molecule has 0 fully saturated rings. The van der Waals surface area contributed by atoms with Crippen LogP contribution in [0.4, 0.5) is 5.82 Å². The lowest BCUT2D eigenvalue weighted by atomic mass is 10.2. The molecule has 1 heterocycles. The van der Waals surface area contributed by atoms with Crippen molar-refractivity contribution < 1.29 is 5.11 Å². The number of hydrogen-bond acceptors (Lipinski definition) is 4. The molecule has 0 bridgehead atoms. The van der Waals surface area contributed by atoms with Gasteiger partial charge in [0.15, 0.2) is 0 Å². The Labute approximate surface area is 75.8 Å². The third-order valence-corrected chi connectivity index (χ3v) is 1.63. The van der Waals surface area contributed by atoms with E-state index >= 15 is 0 Å². The molecule has 13 heavy (non-hydrogen) atoms. The van der Waals surface area contributed by atoms with Crippen LogP contribution in [-0.2, 0) is 0 Å². The van der Waals surface area contributed by atoms with E-state index in [-0.39, 0.29) is 18.2 Å². The molecule has 1 unspecified atom stereocenters. The first kappa shape index (κ1) is 9.73. The number of anilines is 1. The molecule has 0 spiro atoms. The van der Waals surface area contributed by atoms with Gasteiger partial charge in [-0.2, -0.15) is 0 Å². The highest BCUT2D eigenvalue weighted by Gasteiger charge is 2.01. The molecule has 1 aromatic heterocycles. The Bertz CT molecular complexity index is 310. The molecule has 1 rings (SSSR count). The number of aromatic amines is 1. The first-order valence-electron chi connectivity index (χ1n) is 4.14. The van der Waals surface area contributed by atoms with Crippen LogP contribution in [0.1, 0.15) is 13.3 Å². The Balaban J connectivity index is 2.58. The lowest BCUT2D eigenvalue weighted by Gasteiger charge is -2.11. The number of H-pyrrole nitrogens is 1. The van der Waals surface area contributed by atoms with E-state index in [0.29, 0.717) is 12.2 Å². The quantitative estimate of drug-likeness (QED) is 0.611. The predicted molar refractivity (Wildman–Crippen MR) is 49.6 cm³/mol. The number of rotatable bonds is 4. The third-order valence-electron chi connectivity index (χ3n) is 1.63. The molecule has 0 aliphatic carbocycles. The molecule has 0 aliphatic rings. The Kier molecular flexibility index (Phi) is 3.45. The summed E-state index contributed by atoms with van der Waals surface area (Å²) in [7, 11) is 0. The Hall–Kier alpha value is -1.36. The van der Waals surface area contributed by atoms with Gasteiger partial charge in [-0.15, -0.1) is 0 Å². The number of nitrogens with one attached hydrogen (secondary N) is 2. The van der Waals surface area contributed by atoms with Crippen molar-refractivity contribution in [3.8, 4) is 0 Å². The SMILES string of the molecule is CC(CCO)Nc1cc(=O)[nH]cn1. The molecule has 0 saturated carbocycles. The van der Waals surface area contributed by atoms with Gasteiger partial charge in [-0.05, 0) is 13.3 Å². The lowest BCUT2D eigenvalue weighted by Crippen LogP contribution is -2.19. The van der Waals surface area contributed by atoms with Gasteiger partial charge in [0, 0.05) is 18.7 Å². The molecule has 0 radical (unpaired) electrons. The van der Waals surface area contributed by atoms with Crippen molar-refractivity contribution in [2.75, 3.05) is 11.9 Å². The Morgan fingerprint density at radius 2 is 2.54 bits per heavy atom. The average molecular weight is 183 g/mol. The van der Waals surface area contributed by atoms with Crippen LogP contribution in [0.25, 0.3) is 0 Å². The Morgan fingerprint density at radius 3 is 3.15 bits per heavy atom. The second-order valence-electron chi connectivity index (χ2n) is 2.85. The summed E-state index contributed by atoms with van der Waals surface area (Å²) in [6.45, 7) is 2.04. The highest BCUT2D eigenvalue weighted by molar-refractivity contribution is 5.32. The molecular weight excluding hydrogens is 170 g/mol. The van der Waals surface area contributed by atoms with Gasteiger partial charge >= 0.3 is 0 Å². The summed E-state index contributed by atoms with van der Waals surface area (Å²) in [5, 5.41) is 11.6. The van der Waals surface area contributed by atoms with Crippen molar-refractivity contribution in [1.82, 2.24) is 9.97 Å². The fourth-order valence-electron chi connectivity index (χ4n) is 0.966. The molecule has 5 nitrogen and oxygen atoms in total. The molecule has 1 atom stereocenters. The van der Waals surface area contributed by atoms with Crippen LogP contribution in [0.3, 0.4) is 0 Å². The standard InChI is InChI=1S/C8H13N3O2/c1-6(2-3-12)11-7-4-8(13)10-5-9-7/h4-6,12H,2-3H2,1H3,(H2,9,10,11,13). The van der Waals surface area contributed by atoms with Crippen LogP contribution >= 0.6 is 0 Å². The van der Waals surface area contributed by atoms with Crippen molar-refractivity contribution in [2.45, 2.75) is 19.4 Å². The van der Waals surface area contributed by atoms with Gasteiger partial charge in [0.25, 0.3) is 5.56 Å². The number of hydrogen-bond donors (Lipinski definition) is 3. The molecule has 3 N–H and O–H groups in total. The monoisotopic (exact) mass is 183 g/mol. The van der Waals surface area contributed by atoms with Crippen molar-refractivity contribution in [3.05, 3.63) is 22.7 Å². The third kappa shape index (κ3) is 3.25. The number of aliphatic hydroxyl groups is 1. The molecule has 0 aliphatic heterocycles. The van der Waals surface area contributed by atoms with Gasteiger partial charge in [-0.25, -0.2) is 4.98 Å². The minimum Gasteiger partial charge on any atom is -0.396 e. The summed E-state index contributed by atoms with van der Waals surface area (Å²) in [4.78, 5) is 17.2. The van der Waals surface area contributed by atoms with Crippen molar-refractivity contribution >= 4 is 5.82 Å². The van der Waals surface area contributed by atoms with Gasteiger partial charge in [-0.1, -0.05) is 0 Å². The maximum absolute atomic E-state index is 10.8. The van der Waals surface area contributed by atoms with E-state index in [9.17, 15) is 4.79 Å². The lowest BCUT2D eigenvalue weighted by molar-refractivity contribution is 0.282. The fourth-order valence-corrected chi connectivity index (χ4v) is 0.966. The molecular formula is C8H13N3O2. The van der Waals surface area contributed by atoms with Crippen molar-refractivity contribution in [2.24, 2.45) is 0 Å². The fraction of sp³-hybridized carbons (Fsp3) is 0.500. The zero-order valence-corrected chi connectivity index (χ0v) is 7.45. The molecule has 0 saturated heterocycles. The topological polar surface area (TPSA) is 78.0 Å². The van der Waals surface area contributed by atoms with E-state index in [1.54, 1.807) is 0 Å². The van der Waals surface area contributed by atoms with Crippen LogP contribution < -0.4 is 10.9 Å². The summed E-state index contributed by atoms with van der Waals surface area (Å²) >= 11 is 0. The summed E-state index contributed by atoms with van der Waals surface area (Å²) in [5.74, 6) is 0.532. The maximum atomic E-state index is 10.8. The molecule has 72 valence electrons. The van der Waals surface area contributed by atoms with Gasteiger partial charge in [-0.3, -0.25) is 4.79 Å². The second kappa shape index (κ2) is 4.61. The van der Waals surface area contributed by atoms with Crippen molar-refractivity contribution in [1.29, 1.82) is 0 Å². The van der Waals surface area contributed by atoms with Crippen LogP contribution in [0.2, 0.25) is 0 Å². The van der Waals surface area contributed by atoms with E-state index in [1.165, 1.54) is 12.4 Å². The van der Waals surface area contributed by atoms with Gasteiger partial charge in [0.2, 0.25) is 0 Å². The number of nitrogens with zero attached hydrogens (tertiary/aromatic N) is 1. The summed E-state index contributed by atoms with van der Waals surface area (Å²) in [5.41, 5.74) is -0.186. The van der Waals surface area contributed by atoms with Crippen LogP contribution in [0.5, 0.6) is 0 Å². The first-order valence-corrected chi connectivity index (χ1v) is 4.14. The zero-order chi connectivity index (χ0) is 9.68. The van der Waals surface area contributed by atoms with Gasteiger partial charge in [0.05, 0.1) is 6.33 Å². The van der Waals surface area contributed by atoms with Crippen LogP contribution in [0, 0.1) is 0 Å².